The van der Waals surface area contributed by atoms with Crippen LogP contribution in [0.3, 0.4) is 0 Å². The Kier molecular flexibility index (Phi) is 6.14. The molecule has 0 unspecified atom stereocenters. The zero-order valence-corrected chi connectivity index (χ0v) is 16.3. The summed E-state index contributed by atoms with van der Waals surface area (Å²) in [6, 6.07) is 8.97. The van der Waals surface area contributed by atoms with E-state index in [0.29, 0.717) is 19.8 Å². The quantitative estimate of drug-likeness (QED) is 0.809. The van der Waals surface area contributed by atoms with Gasteiger partial charge in [0.05, 0.1) is 24.3 Å². The Labute approximate surface area is 157 Å². The van der Waals surface area contributed by atoms with Crippen molar-refractivity contribution in [2.45, 2.75) is 17.9 Å². The summed E-state index contributed by atoms with van der Waals surface area (Å²) in [6.07, 6.45) is 0. The van der Waals surface area contributed by atoms with Crippen molar-refractivity contribution < 1.29 is 13.2 Å². The number of hydrogen-bond acceptors (Lipinski definition) is 5. The molecule has 0 amide bonds. The number of halogens is 1. The summed E-state index contributed by atoms with van der Waals surface area (Å²) in [7, 11) is -3.67. The molecule has 5 nitrogen and oxygen atoms in total. The van der Waals surface area contributed by atoms with Gasteiger partial charge in [0.25, 0.3) is 0 Å². The van der Waals surface area contributed by atoms with E-state index >= 15 is 0 Å². The lowest BCUT2D eigenvalue weighted by Crippen LogP contribution is -2.43. The molecule has 1 saturated heterocycles. The fourth-order valence-corrected chi connectivity index (χ4v) is 5.37. The molecule has 136 valence electrons. The van der Waals surface area contributed by atoms with Gasteiger partial charge in [0.15, 0.2) is 0 Å². The summed E-state index contributed by atoms with van der Waals surface area (Å²) < 4.78 is 33.5. The van der Waals surface area contributed by atoms with Crippen LogP contribution in [-0.4, -0.2) is 46.2 Å². The van der Waals surface area contributed by atoms with Gasteiger partial charge in [-0.1, -0.05) is 23.7 Å². The zero-order valence-electron chi connectivity index (χ0n) is 13.9. The van der Waals surface area contributed by atoms with Crippen molar-refractivity contribution in [2.75, 3.05) is 32.8 Å². The molecule has 2 aromatic rings. The van der Waals surface area contributed by atoms with Gasteiger partial charge in [0.2, 0.25) is 10.0 Å². The number of hydrogen-bond donors (Lipinski definition) is 1. The highest BCUT2D eigenvalue weighted by molar-refractivity contribution is 7.89. The predicted octanol–water partition coefficient (Wildman–Crippen LogP) is 3.06. The van der Waals surface area contributed by atoms with Gasteiger partial charge < -0.3 is 4.74 Å². The van der Waals surface area contributed by atoms with E-state index in [4.69, 9.17) is 16.3 Å². The monoisotopic (exact) mass is 400 g/mol. The van der Waals surface area contributed by atoms with Gasteiger partial charge in [-0.25, -0.2) is 13.1 Å². The minimum Gasteiger partial charge on any atom is -0.379 e. The number of nitrogens with one attached hydrogen (secondary N) is 1. The summed E-state index contributed by atoms with van der Waals surface area (Å²) >= 11 is 7.77. The largest absolute Gasteiger partial charge is 0.379 e. The van der Waals surface area contributed by atoms with E-state index in [1.807, 2.05) is 24.4 Å². The van der Waals surface area contributed by atoms with Gasteiger partial charge in [-0.3, -0.25) is 4.90 Å². The molecule has 0 radical (unpaired) electrons. The van der Waals surface area contributed by atoms with E-state index in [-0.39, 0.29) is 16.0 Å². The van der Waals surface area contributed by atoms with Crippen LogP contribution in [0.5, 0.6) is 0 Å². The maximum atomic E-state index is 12.7. The molecule has 0 aliphatic carbocycles. The van der Waals surface area contributed by atoms with Crippen molar-refractivity contribution in [3.05, 3.63) is 51.2 Å². The molecule has 1 aromatic heterocycles. The van der Waals surface area contributed by atoms with Gasteiger partial charge in [0.1, 0.15) is 4.90 Å². The molecule has 8 heteroatoms. The summed E-state index contributed by atoms with van der Waals surface area (Å²) in [6.45, 7) is 5.08. The van der Waals surface area contributed by atoms with E-state index in [1.54, 1.807) is 29.5 Å². The number of sulfonamides is 1. The van der Waals surface area contributed by atoms with Crippen LogP contribution in [0.4, 0.5) is 0 Å². The molecule has 1 atom stereocenters. The lowest BCUT2D eigenvalue weighted by atomic mass is 10.2. The lowest BCUT2D eigenvalue weighted by Gasteiger charge is -2.34. The first-order valence-electron chi connectivity index (χ1n) is 8.08. The minimum atomic E-state index is -3.67. The molecule has 1 aliphatic heterocycles. The van der Waals surface area contributed by atoms with Crippen LogP contribution in [0.25, 0.3) is 0 Å². The second-order valence-electron chi connectivity index (χ2n) is 5.97. The SMILES string of the molecule is Cc1ccc(S(=O)(=O)NC[C@H](c2cccs2)N2CCOCC2)c(Cl)c1. The number of ether oxygens (including phenoxy) is 1. The summed E-state index contributed by atoms with van der Waals surface area (Å²) in [5.41, 5.74) is 0.925. The topological polar surface area (TPSA) is 58.6 Å². The molecule has 1 aromatic carbocycles. The van der Waals surface area contributed by atoms with E-state index in [1.165, 1.54) is 0 Å². The van der Waals surface area contributed by atoms with Crippen molar-refractivity contribution >= 4 is 33.0 Å². The van der Waals surface area contributed by atoms with Gasteiger partial charge >= 0.3 is 0 Å². The number of thiophene rings is 1. The summed E-state index contributed by atoms with van der Waals surface area (Å²) in [4.78, 5) is 3.51. The Balaban J connectivity index is 1.78. The first kappa shape index (κ1) is 18.8. The van der Waals surface area contributed by atoms with Crippen LogP contribution in [0, 0.1) is 6.92 Å². The van der Waals surface area contributed by atoms with Gasteiger partial charge in [-0.05, 0) is 36.1 Å². The Morgan fingerprint density at radius 1 is 1.32 bits per heavy atom. The highest BCUT2D eigenvalue weighted by atomic mass is 35.5. The van der Waals surface area contributed by atoms with E-state index in [2.05, 4.69) is 9.62 Å². The first-order valence-corrected chi connectivity index (χ1v) is 10.8. The Morgan fingerprint density at radius 3 is 2.72 bits per heavy atom. The maximum absolute atomic E-state index is 12.7. The molecule has 3 rings (SSSR count). The van der Waals surface area contributed by atoms with E-state index in [0.717, 1.165) is 23.5 Å². The third-order valence-electron chi connectivity index (χ3n) is 4.20. The highest BCUT2D eigenvalue weighted by Gasteiger charge is 2.26. The maximum Gasteiger partial charge on any atom is 0.242 e. The fourth-order valence-electron chi connectivity index (χ4n) is 2.87. The van der Waals surface area contributed by atoms with Crippen molar-refractivity contribution in [3.8, 4) is 0 Å². The Hall–Kier alpha value is -0.960. The van der Waals surface area contributed by atoms with Crippen molar-refractivity contribution in [1.82, 2.24) is 9.62 Å². The van der Waals surface area contributed by atoms with Crippen LogP contribution < -0.4 is 4.72 Å². The standard InChI is InChI=1S/C17H21ClN2O3S2/c1-13-4-5-17(14(18)11-13)25(21,22)19-12-15(16-3-2-10-24-16)20-6-8-23-9-7-20/h2-5,10-11,15,19H,6-9,12H2,1H3/t15-/m1/s1. The third kappa shape index (κ3) is 4.61. The molecule has 1 aliphatic rings. The highest BCUT2D eigenvalue weighted by Crippen LogP contribution is 2.27. The Bertz CT molecular complexity index is 803. The number of rotatable bonds is 6. The third-order valence-corrected chi connectivity index (χ3v) is 7.08. The average Bonchev–Trinajstić information content (AvgIpc) is 3.10. The zero-order chi connectivity index (χ0) is 17.9. The molecule has 1 fully saturated rings. The second kappa shape index (κ2) is 8.16. The van der Waals surface area contributed by atoms with Gasteiger partial charge in [-0.15, -0.1) is 11.3 Å². The number of benzene rings is 1. The van der Waals surface area contributed by atoms with Crippen molar-refractivity contribution in [1.29, 1.82) is 0 Å². The van der Waals surface area contributed by atoms with Crippen LogP contribution in [-0.2, 0) is 14.8 Å². The summed E-state index contributed by atoms with van der Waals surface area (Å²) in [5, 5.41) is 2.25. The molecular weight excluding hydrogens is 380 g/mol. The van der Waals surface area contributed by atoms with E-state index in [9.17, 15) is 8.42 Å². The first-order chi connectivity index (χ1) is 12.0. The van der Waals surface area contributed by atoms with Crippen LogP contribution in [0.2, 0.25) is 5.02 Å². The summed E-state index contributed by atoms with van der Waals surface area (Å²) in [5.74, 6) is 0. The molecule has 1 N–H and O–H groups in total. The van der Waals surface area contributed by atoms with Crippen molar-refractivity contribution in [2.24, 2.45) is 0 Å². The molecular formula is C17H21ClN2O3S2. The normalized spacial score (nSPS) is 17.5. The fraction of sp³-hybridized carbons (Fsp3) is 0.412. The Morgan fingerprint density at radius 2 is 2.08 bits per heavy atom. The van der Waals surface area contributed by atoms with Crippen LogP contribution in [0.1, 0.15) is 16.5 Å². The second-order valence-corrected chi connectivity index (χ2v) is 9.09. The molecule has 0 saturated carbocycles. The predicted molar refractivity (Wildman–Crippen MR) is 101 cm³/mol. The van der Waals surface area contributed by atoms with Gasteiger partial charge in [-0.2, -0.15) is 0 Å². The van der Waals surface area contributed by atoms with Crippen LogP contribution in [0.15, 0.2) is 40.6 Å². The number of aryl methyl sites for hydroxylation is 1. The number of nitrogens with zero attached hydrogens (tertiary/aromatic N) is 1. The van der Waals surface area contributed by atoms with Crippen LogP contribution >= 0.6 is 22.9 Å². The van der Waals surface area contributed by atoms with Gasteiger partial charge in [0, 0.05) is 24.5 Å². The molecule has 25 heavy (non-hydrogen) atoms. The lowest BCUT2D eigenvalue weighted by molar-refractivity contribution is 0.0179. The number of morpholine rings is 1. The minimum absolute atomic E-state index is 0.0112. The molecule has 0 bridgehead atoms. The smallest absolute Gasteiger partial charge is 0.242 e. The average molecular weight is 401 g/mol. The van der Waals surface area contributed by atoms with Crippen molar-refractivity contribution in [3.63, 3.8) is 0 Å². The molecule has 2 heterocycles. The van der Waals surface area contributed by atoms with E-state index < -0.39 is 10.0 Å². The molecule has 0 spiro atoms.